The minimum Gasteiger partial charge on any atom is -0.433 e. The molecule has 32 heavy (non-hydrogen) atoms. The van der Waals surface area contributed by atoms with Gasteiger partial charge >= 0.3 is 12.0 Å². The topological polar surface area (TPSA) is 101 Å². The van der Waals surface area contributed by atoms with Crippen molar-refractivity contribution in [1.82, 2.24) is 14.8 Å². The maximum Gasteiger partial charge on any atom is 0.409 e. The number of carbonyl (C=O) groups is 1. The molecule has 0 aliphatic heterocycles. The molecule has 0 radical (unpaired) electrons. The Bertz CT molecular complexity index is 997. The number of ether oxygens (including phenoxy) is 3. The van der Waals surface area contributed by atoms with Crippen molar-refractivity contribution in [3.8, 4) is 16.9 Å². The van der Waals surface area contributed by atoms with Gasteiger partial charge in [0.05, 0.1) is 12.5 Å². The van der Waals surface area contributed by atoms with E-state index in [1.54, 1.807) is 19.2 Å². The fraction of sp³-hybridized carbons (Fsp3) is 0.348. The molecule has 3 aromatic rings. The molecular formula is C23H27ClN4O4. The number of hydrogen-bond acceptors (Lipinski definition) is 6. The lowest BCUT2D eigenvalue weighted by molar-refractivity contribution is -0.275. The zero-order valence-electron chi connectivity index (χ0n) is 18.3. The van der Waals surface area contributed by atoms with Gasteiger partial charge in [0.2, 0.25) is 0 Å². The second kappa shape index (κ2) is 10.0. The largest absolute Gasteiger partial charge is 0.433 e. The van der Waals surface area contributed by atoms with Gasteiger partial charge in [-0.15, -0.1) is 11.6 Å². The predicted molar refractivity (Wildman–Crippen MR) is 121 cm³/mol. The Morgan fingerprint density at radius 1 is 1.12 bits per heavy atom. The highest BCUT2D eigenvalue weighted by Gasteiger charge is 2.54. The second-order valence-electron chi connectivity index (χ2n) is 8.01. The van der Waals surface area contributed by atoms with Crippen molar-refractivity contribution < 1.29 is 19.0 Å². The molecule has 8 nitrogen and oxygen atoms in total. The number of nitrogens with two attached hydrogens (primary N) is 1. The molecule has 9 heteroatoms. The van der Waals surface area contributed by atoms with Gasteiger partial charge in [0.1, 0.15) is 18.4 Å². The van der Waals surface area contributed by atoms with Crippen LogP contribution >= 0.6 is 11.6 Å². The van der Waals surface area contributed by atoms with Crippen LogP contribution in [0.3, 0.4) is 0 Å². The lowest BCUT2D eigenvalue weighted by atomic mass is 9.78. The molecule has 170 valence electrons. The first-order chi connectivity index (χ1) is 15.3. The molecule has 2 N–H and O–H groups in total. The van der Waals surface area contributed by atoms with E-state index < -0.39 is 23.3 Å². The Hall–Kier alpha value is -3.10. The molecule has 0 bridgehead atoms. The van der Waals surface area contributed by atoms with E-state index in [1.807, 2.05) is 56.3 Å². The van der Waals surface area contributed by atoms with Crippen molar-refractivity contribution >= 4 is 17.7 Å². The number of rotatable bonds is 10. The summed E-state index contributed by atoms with van der Waals surface area (Å²) in [5, 5.41) is 4.20. The molecular weight excluding hydrogens is 432 g/mol. The van der Waals surface area contributed by atoms with E-state index in [1.165, 1.54) is 17.3 Å². The third kappa shape index (κ3) is 5.03. The van der Waals surface area contributed by atoms with Crippen LogP contribution in [0.25, 0.3) is 11.1 Å². The first-order valence-electron chi connectivity index (χ1n) is 10.1. The Morgan fingerprint density at radius 3 is 2.31 bits per heavy atom. The van der Waals surface area contributed by atoms with Gasteiger partial charge in [-0.25, -0.2) is 9.78 Å². The van der Waals surface area contributed by atoms with E-state index in [0.29, 0.717) is 5.75 Å². The van der Waals surface area contributed by atoms with E-state index in [9.17, 15) is 4.79 Å². The lowest BCUT2D eigenvalue weighted by Gasteiger charge is -2.44. The second-order valence-corrected chi connectivity index (χ2v) is 8.28. The van der Waals surface area contributed by atoms with Crippen LogP contribution in [0.1, 0.15) is 13.8 Å². The molecule has 1 aromatic heterocycles. The van der Waals surface area contributed by atoms with Crippen molar-refractivity contribution in [2.24, 2.45) is 17.1 Å². The van der Waals surface area contributed by atoms with Gasteiger partial charge in [-0.2, -0.15) is 9.78 Å². The summed E-state index contributed by atoms with van der Waals surface area (Å²) in [5.41, 5.74) is 6.95. The van der Waals surface area contributed by atoms with Crippen LogP contribution in [0.5, 0.6) is 5.75 Å². The van der Waals surface area contributed by atoms with Crippen LogP contribution < -0.4 is 10.5 Å². The number of amides is 1. The van der Waals surface area contributed by atoms with E-state index in [-0.39, 0.29) is 12.5 Å². The minimum atomic E-state index is -1.79. The van der Waals surface area contributed by atoms with Crippen LogP contribution in [0, 0.1) is 11.3 Å². The molecule has 0 fully saturated rings. The van der Waals surface area contributed by atoms with Crippen LogP contribution in [-0.2, 0) is 15.4 Å². The van der Waals surface area contributed by atoms with Gasteiger partial charge < -0.3 is 19.9 Å². The van der Waals surface area contributed by atoms with Crippen molar-refractivity contribution in [2.45, 2.75) is 19.8 Å². The predicted octanol–water partition coefficient (Wildman–Crippen LogP) is 4.26. The first kappa shape index (κ1) is 23.6. The highest BCUT2D eigenvalue weighted by molar-refractivity contribution is 6.18. The molecule has 1 heterocycles. The molecule has 0 aliphatic carbocycles. The number of benzene rings is 2. The first-order valence-corrected chi connectivity index (χ1v) is 10.6. The van der Waals surface area contributed by atoms with Crippen molar-refractivity contribution in [3.63, 3.8) is 0 Å². The normalized spacial score (nSPS) is 14.4. The van der Waals surface area contributed by atoms with Crippen molar-refractivity contribution in [2.75, 3.05) is 19.6 Å². The monoisotopic (exact) mass is 458 g/mol. The van der Waals surface area contributed by atoms with Crippen LogP contribution in [0.4, 0.5) is 4.79 Å². The molecule has 0 spiro atoms. The quantitative estimate of drug-likeness (QED) is 0.360. The van der Waals surface area contributed by atoms with Gasteiger partial charge in [0.25, 0.3) is 0 Å². The zero-order valence-corrected chi connectivity index (χ0v) is 19.0. The van der Waals surface area contributed by atoms with Crippen LogP contribution in [0.2, 0.25) is 0 Å². The third-order valence-electron chi connectivity index (χ3n) is 5.27. The average molecular weight is 459 g/mol. The summed E-state index contributed by atoms with van der Waals surface area (Å²) < 4.78 is 18.8. The molecule has 0 saturated heterocycles. The zero-order chi connectivity index (χ0) is 23.2. The Kier molecular flexibility index (Phi) is 7.37. The molecule has 0 aliphatic rings. The van der Waals surface area contributed by atoms with E-state index in [2.05, 4.69) is 10.1 Å². The molecule has 2 atom stereocenters. The SMILES string of the molecule is COCC(C(C)(C)CCl)C(OC(N)=O)(Oc1ccc(-c2ccccc2)cc1)n1cncn1. The van der Waals surface area contributed by atoms with Crippen LogP contribution in [-0.4, -0.2) is 40.5 Å². The van der Waals surface area contributed by atoms with Crippen LogP contribution in [0.15, 0.2) is 67.3 Å². The summed E-state index contributed by atoms with van der Waals surface area (Å²) in [6.45, 7) is 3.98. The third-order valence-corrected chi connectivity index (χ3v) is 5.96. The van der Waals surface area contributed by atoms with Crippen molar-refractivity contribution in [3.05, 3.63) is 67.3 Å². The number of methoxy groups -OCH3 is 1. The summed E-state index contributed by atoms with van der Waals surface area (Å²) in [6.07, 6.45) is 1.68. The van der Waals surface area contributed by atoms with Gasteiger partial charge in [-0.05, 0) is 28.7 Å². The number of alkyl halides is 1. The van der Waals surface area contributed by atoms with E-state index >= 15 is 0 Å². The summed E-state index contributed by atoms with van der Waals surface area (Å²) in [5.74, 6) is -1.71. The fourth-order valence-electron chi connectivity index (χ4n) is 3.53. The Morgan fingerprint density at radius 2 is 1.78 bits per heavy atom. The summed E-state index contributed by atoms with van der Waals surface area (Å²) in [6, 6.07) is 17.3. The number of halogens is 1. The number of hydrogen-bond donors (Lipinski definition) is 1. The van der Waals surface area contributed by atoms with Gasteiger partial charge in [0.15, 0.2) is 0 Å². The lowest BCUT2D eigenvalue weighted by Crippen LogP contribution is -2.57. The molecule has 2 unspecified atom stereocenters. The van der Waals surface area contributed by atoms with E-state index in [0.717, 1.165) is 11.1 Å². The summed E-state index contributed by atoms with van der Waals surface area (Å²) >= 11 is 6.29. The maximum absolute atomic E-state index is 12.0. The summed E-state index contributed by atoms with van der Waals surface area (Å²) in [7, 11) is 1.54. The van der Waals surface area contributed by atoms with E-state index in [4.69, 9.17) is 31.5 Å². The molecule has 3 rings (SSSR count). The Balaban J connectivity index is 2.08. The average Bonchev–Trinajstić information content (AvgIpc) is 3.33. The molecule has 0 saturated carbocycles. The highest BCUT2D eigenvalue weighted by atomic mass is 35.5. The maximum atomic E-state index is 12.0. The standard InChI is InChI=1S/C23H27ClN4O4/c1-22(2,14-24)20(13-30-3)23(32-21(25)29,28-16-26-15-27-28)31-19-11-9-18(10-12-19)17-7-5-4-6-8-17/h4-12,15-16,20H,13-14H2,1-3H3,(H2,25,29). The fourth-order valence-corrected chi connectivity index (χ4v) is 3.72. The Labute approximate surface area is 192 Å². The van der Waals surface area contributed by atoms with Gasteiger partial charge in [0, 0.05) is 13.0 Å². The van der Waals surface area contributed by atoms with Gasteiger partial charge in [-0.3, -0.25) is 0 Å². The minimum absolute atomic E-state index is 0.148. The van der Waals surface area contributed by atoms with Gasteiger partial charge in [-0.1, -0.05) is 56.3 Å². The smallest absolute Gasteiger partial charge is 0.409 e. The summed E-state index contributed by atoms with van der Waals surface area (Å²) in [4.78, 5) is 16.1. The number of carbonyl (C=O) groups excluding carboxylic acids is 1. The number of aromatic nitrogens is 3. The molecule has 1 amide bonds. The number of nitrogens with zero attached hydrogens (tertiary/aromatic N) is 3. The molecule has 2 aromatic carbocycles. The number of primary amides is 1. The van der Waals surface area contributed by atoms with Crippen molar-refractivity contribution in [1.29, 1.82) is 0 Å². The highest BCUT2D eigenvalue weighted by Crippen LogP contribution is 2.43.